The summed E-state index contributed by atoms with van der Waals surface area (Å²) in [5, 5.41) is 7.95. The van der Waals surface area contributed by atoms with Gasteiger partial charge in [-0.25, -0.2) is 0 Å². The van der Waals surface area contributed by atoms with Crippen LogP contribution < -0.4 is 5.32 Å². The van der Waals surface area contributed by atoms with Gasteiger partial charge < -0.3 is 15.0 Å². The Hall–Kier alpha value is -1.07. The zero-order chi connectivity index (χ0) is 14.4. The van der Waals surface area contributed by atoms with Gasteiger partial charge >= 0.3 is 0 Å². The van der Waals surface area contributed by atoms with Crippen LogP contribution in [0.1, 0.15) is 33.6 Å². The summed E-state index contributed by atoms with van der Waals surface area (Å²) < 4.78 is 7.60. The van der Waals surface area contributed by atoms with E-state index in [0.717, 1.165) is 51.3 Å². The second-order valence-corrected chi connectivity index (χ2v) is 5.41. The van der Waals surface area contributed by atoms with Crippen LogP contribution in [0.5, 0.6) is 0 Å². The van der Waals surface area contributed by atoms with Crippen LogP contribution in [0.4, 0.5) is 5.69 Å². The topological polar surface area (TPSA) is 42.3 Å². The van der Waals surface area contributed by atoms with Crippen molar-refractivity contribution >= 4 is 5.69 Å². The van der Waals surface area contributed by atoms with Crippen molar-refractivity contribution in [3.8, 4) is 0 Å². The molecule has 0 spiro atoms. The highest BCUT2D eigenvalue weighted by molar-refractivity contribution is 5.40. The number of ether oxygens (including phenoxy) is 1. The molecular formula is C15H28N4O. The molecule has 1 saturated carbocycles. The Morgan fingerprint density at radius 2 is 2.10 bits per heavy atom. The number of hydrogen-bond acceptors (Lipinski definition) is 4. The number of nitrogens with one attached hydrogen (secondary N) is 1. The van der Waals surface area contributed by atoms with E-state index in [2.05, 4.69) is 42.3 Å². The van der Waals surface area contributed by atoms with E-state index in [0.29, 0.717) is 12.1 Å². The van der Waals surface area contributed by atoms with E-state index in [1.807, 2.05) is 10.9 Å². The fraction of sp³-hybridized carbons (Fsp3) is 0.800. The highest BCUT2D eigenvalue weighted by Gasteiger charge is 2.29. The summed E-state index contributed by atoms with van der Waals surface area (Å²) in [5.74, 6) is 0. The Morgan fingerprint density at radius 1 is 1.35 bits per heavy atom. The third-order valence-corrected chi connectivity index (χ3v) is 4.04. The van der Waals surface area contributed by atoms with E-state index < -0.39 is 0 Å². The standard InChI is InChI=1S/C15H28N4O/c1-4-18(5-2)7-8-19-12-14(11-16-19)17-13-9-15(10-13)20-6-3/h11-13,15,17H,4-10H2,1-3H3. The molecule has 1 N–H and O–H groups in total. The molecule has 0 unspecified atom stereocenters. The molecule has 0 amide bonds. The Kier molecular flexibility index (Phi) is 5.86. The van der Waals surface area contributed by atoms with E-state index >= 15 is 0 Å². The monoisotopic (exact) mass is 280 g/mol. The minimum atomic E-state index is 0.454. The lowest BCUT2D eigenvalue weighted by atomic mass is 9.89. The largest absolute Gasteiger partial charge is 0.380 e. The molecule has 1 fully saturated rings. The summed E-state index contributed by atoms with van der Waals surface area (Å²) in [5.41, 5.74) is 1.13. The summed E-state index contributed by atoms with van der Waals surface area (Å²) in [6.07, 6.45) is 6.71. The molecule has 0 aromatic carbocycles. The van der Waals surface area contributed by atoms with E-state index in [1.165, 1.54) is 0 Å². The van der Waals surface area contributed by atoms with Gasteiger partial charge in [-0.3, -0.25) is 4.68 Å². The fourth-order valence-corrected chi connectivity index (χ4v) is 2.64. The second-order valence-electron chi connectivity index (χ2n) is 5.41. The number of hydrogen-bond donors (Lipinski definition) is 1. The minimum absolute atomic E-state index is 0.454. The molecule has 1 aliphatic carbocycles. The van der Waals surface area contributed by atoms with Gasteiger partial charge in [-0.05, 0) is 32.9 Å². The molecule has 20 heavy (non-hydrogen) atoms. The molecule has 1 aliphatic rings. The molecule has 1 aromatic heterocycles. The van der Waals surface area contributed by atoms with Gasteiger partial charge in [0.05, 0.1) is 24.5 Å². The van der Waals surface area contributed by atoms with Crippen molar-refractivity contribution in [3.63, 3.8) is 0 Å². The van der Waals surface area contributed by atoms with E-state index in [4.69, 9.17) is 4.74 Å². The molecule has 5 heteroatoms. The SMILES string of the molecule is CCOC1CC(Nc2cnn(CCN(CC)CC)c2)C1. The molecule has 114 valence electrons. The van der Waals surface area contributed by atoms with Crippen molar-refractivity contribution < 1.29 is 4.74 Å². The molecule has 1 heterocycles. The Bertz CT molecular complexity index is 383. The maximum absolute atomic E-state index is 5.57. The van der Waals surface area contributed by atoms with Crippen molar-refractivity contribution in [2.24, 2.45) is 0 Å². The van der Waals surface area contributed by atoms with Crippen LogP contribution in [-0.4, -0.2) is 53.1 Å². The molecule has 0 radical (unpaired) electrons. The molecule has 0 aliphatic heterocycles. The lowest BCUT2D eigenvalue weighted by Crippen LogP contribution is -2.40. The highest BCUT2D eigenvalue weighted by Crippen LogP contribution is 2.26. The third kappa shape index (κ3) is 4.21. The van der Waals surface area contributed by atoms with Gasteiger partial charge in [-0.1, -0.05) is 13.8 Å². The van der Waals surface area contributed by atoms with Crippen molar-refractivity contribution in [2.45, 2.75) is 52.3 Å². The van der Waals surface area contributed by atoms with Gasteiger partial charge in [0.15, 0.2) is 0 Å². The third-order valence-electron chi connectivity index (χ3n) is 4.04. The van der Waals surface area contributed by atoms with Crippen molar-refractivity contribution in [3.05, 3.63) is 12.4 Å². The van der Waals surface area contributed by atoms with E-state index in [9.17, 15) is 0 Å². The van der Waals surface area contributed by atoms with Crippen LogP contribution in [0.2, 0.25) is 0 Å². The van der Waals surface area contributed by atoms with Crippen molar-refractivity contribution in [2.75, 3.05) is 31.6 Å². The van der Waals surface area contributed by atoms with Gasteiger partial charge in [0.25, 0.3) is 0 Å². The number of likely N-dealkylation sites (N-methyl/N-ethyl adjacent to an activating group) is 1. The Balaban J connectivity index is 1.70. The lowest BCUT2D eigenvalue weighted by molar-refractivity contribution is 0.00299. The maximum atomic E-state index is 5.57. The van der Waals surface area contributed by atoms with E-state index in [-0.39, 0.29) is 0 Å². The molecule has 2 rings (SSSR count). The first-order chi connectivity index (χ1) is 9.75. The van der Waals surface area contributed by atoms with Crippen LogP contribution in [0.3, 0.4) is 0 Å². The zero-order valence-corrected chi connectivity index (χ0v) is 13.0. The molecule has 0 atom stereocenters. The number of anilines is 1. The smallest absolute Gasteiger partial charge is 0.0728 e. The molecular weight excluding hydrogens is 252 g/mol. The van der Waals surface area contributed by atoms with Gasteiger partial charge in [-0.2, -0.15) is 5.10 Å². The zero-order valence-electron chi connectivity index (χ0n) is 13.0. The summed E-state index contributed by atoms with van der Waals surface area (Å²) in [7, 11) is 0. The average molecular weight is 280 g/mol. The van der Waals surface area contributed by atoms with Crippen LogP contribution in [0.15, 0.2) is 12.4 Å². The van der Waals surface area contributed by atoms with Crippen LogP contribution in [0.25, 0.3) is 0 Å². The van der Waals surface area contributed by atoms with Gasteiger partial charge in [0.2, 0.25) is 0 Å². The number of nitrogens with zero attached hydrogens (tertiary/aromatic N) is 3. The molecule has 0 saturated heterocycles. The van der Waals surface area contributed by atoms with Gasteiger partial charge in [0, 0.05) is 25.4 Å². The second kappa shape index (κ2) is 7.64. The Morgan fingerprint density at radius 3 is 2.75 bits per heavy atom. The molecule has 1 aromatic rings. The quantitative estimate of drug-likeness (QED) is 0.753. The fourth-order valence-electron chi connectivity index (χ4n) is 2.64. The molecule has 0 bridgehead atoms. The summed E-state index contributed by atoms with van der Waals surface area (Å²) >= 11 is 0. The van der Waals surface area contributed by atoms with Crippen LogP contribution >= 0.6 is 0 Å². The predicted octanol–water partition coefficient (Wildman–Crippen LogP) is 2.20. The summed E-state index contributed by atoms with van der Waals surface area (Å²) in [6.45, 7) is 11.5. The first kappa shape index (κ1) is 15.3. The van der Waals surface area contributed by atoms with Crippen LogP contribution in [0, 0.1) is 0 Å². The van der Waals surface area contributed by atoms with Crippen molar-refractivity contribution in [1.82, 2.24) is 14.7 Å². The van der Waals surface area contributed by atoms with Crippen molar-refractivity contribution in [1.29, 1.82) is 0 Å². The first-order valence-corrected chi connectivity index (χ1v) is 7.88. The maximum Gasteiger partial charge on any atom is 0.0728 e. The normalized spacial score (nSPS) is 22.0. The minimum Gasteiger partial charge on any atom is -0.380 e. The predicted molar refractivity (Wildman–Crippen MR) is 82.1 cm³/mol. The average Bonchev–Trinajstić information content (AvgIpc) is 2.85. The highest BCUT2D eigenvalue weighted by atomic mass is 16.5. The summed E-state index contributed by atoms with van der Waals surface area (Å²) in [6, 6.07) is 0.548. The van der Waals surface area contributed by atoms with E-state index in [1.54, 1.807) is 0 Å². The lowest BCUT2D eigenvalue weighted by Gasteiger charge is -2.35. The molecule has 5 nitrogen and oxygen atoms in total. The summed E-state index contributed by atoms with van der Waals surface area (Å²) in [4.78, 5) is 2.41. The number of aromatic nitrogens is 2. The Labute approximate surface area is 122 Å². The number of rotatable bonds is 9. The van der Waals surface area contributed by atoms with Gasteiger partial charge in [0.1, 0.15) is 0 Å². The van der Waals surface area contributed by atoms with Crippen LogP contribution in [-0.2, 0) is 11.3 Å². The first-order valence-electron chi connectivity index (χ1n) is 7.88. The van der Waals surface area contributed by atoms with Gasteiger partial charge in [-0.15, -0.1) is 0 Å².